The van der Waals surface area contributed by atoms with E-state index in [1.54, 1.807) is 42.9 Å². The Hall–Kier alpha value is -5.74. The van der Waals surface area contributed by atoms with Crippen molar-refractivity contribution >= 4 is 27.8 Å². The molecular formula is C35H27N3O4. The molecule has 0 aliphatic carbocycles. The van der Waals surface area contributed by atoms with Crippen LogP contribution in [0.5, 0.6) is 0 Å². The predicted octanol–water partition coefficient (Wildman–Crippen LogP) is 5.34. The molecule has 0 aliphatic heterocycles. The van der Waals surface area contributed by atoms with E-state index in [9.17, 15) is 14.4 Å². The van der Waals surface area contributed by atoms with Crippen molar-refractivity contribution in [2.75, 3.05) is 0 Å². The summed E-state index contributed by atoms with van der Waals surface area (Å²) in [7, 11) is 1.91. The van der Waals surface area contributed by atoms with Crippen molar-refractivity contribution < 1.29 is 9.90 Å². The van der Waals surface area contributed by atoms with Crippen molar-refractivity contribution in [2.24, 2.45) is 7.05 Å². The van der Waals surface area contributed by atoms with Crippen LogP contribution < -0.4 is 10.9 Å². The minimum atomic E-state index is -0.977. The number of hydrogen-bond acceptors (Lipinski definition) is 4. The third kappa shape index (κ3) is 6.19. The summed E-state index contributed by atoms with van der Waals surface area (Å²) >= 11 is 0. The fraction of sp³-hybridized carbons (Fsp3) is 0.0857. The fourth-order valence-corrected chi connectivity index (χ4v) is 4.70. The van der Waals surface area contributed by atoms with E-state index in [0.717, 1.165) is 27.5 Å². The van der Waals surface area contributed by atoms with Gasteiger partial charge in [0.1, 0.15) is 0 Å². The van der Waals surface area contributed by atoms with Crippen LogP contribution in [0.25, 0.3) is 21.8 Å². The van der Waals surface area contributed by atoms with Crippen LogP contribution in [-0.4, -0.2) is 25.6 Å². The van der Waals surface area contributed by atoms with Gasteiger partial charge in [0.15, 0.2) is 10.9 Å². The molecule has 0 atom stereocenters. The van der Waals surface area contributed by atoms with E-state index in [4.69, 9.17) is 5.11 Å². The summed E-state index contributed by atoms with van der Waals surface area (Å²) in [6, 6.07) is 26.9. The molecule has 0 amide bonds. The number of aryl methyl sites for hydroxylation is 1. The third-order valence-corrected chi connectivity index (χ3v) is 6.88. The molecule has 3 aromatic heterocycles. The van der Waals surface area contributed by atoms with Gasteiger partial charge in [0.2, 0.25) is 0 Å². The molecule has 0 radical (unpaired) electrons. The number of carboxylic acids is 1. The molecule has 0 spiro atoms. The SMILES string of the molecule is Cn1c(C#CCc2cccnc2)c(Cc2ccc(C(=O)O)cc2)c(=O)c2ccccc21.O=c1cc[nH]c2ccccc12. The van der Waals surface area contributed by atoms with Gasteiger partial charge in [0, 0.05) is 66.4 Å². The van der Waals surface area contributed by atoms with Crippen LogP contribution in [0, 0.1) is 11.8 Å². The Morgan fingerprint density at radius 2 is 1.62 bits per heavy atom. The highest BCUT2D eigenvalue weighted by Crippen LogP contribution is 2.18. The van der Waals surface area contributed by atoms with Gasteiger partial charge in [-0.1, -0.05) is 48.4 Å². The Bertz CT molecular complexity index is 2060. The topological polar surface area (TPSA) is 105 Å². The second kappa shape index (κ2) is 12.6. The zero-order chi connectivity index (χ0) is 29.5. The van der Waals surface area contributed by atoms with Crippen LogP contribution in [0.15, 0.2) is 119 Å². The first-order valence-electron chi connectivity index (χ1n) is 13.3. The molecule has 2 N–H and O–H groups in total. The van der Waals surface area contributed by atoms with Crippen LogP contribution in [0.3, 0.4) is 0 Å². The Kier molecular flexibility index (Phi) is 8.36. The van der Waals surface area contributed by atoms with Gasteiger partial charge in [-0.05, 0) is 59.5 Å². The Labute approximate surface area is 241 Å². The molecule has 42 heavy (non-hydrogen) atoms. The number of rotatable bonds is 4. The van der Waals surface area contributed by atoms with Gasteiger partial charge in [0.25, 0.3) is 0 Å². The highest BCUT2D eigenvalue weighted by molar-refractivity contribution is 5.87. The molecule has 0 aliphatic rings. The monoisotopic (exact) mass is 553 g/mol. The van der Waals surface area contributed by atoms with Crippen molar-refractivity contribution in [3.05, 3.63) is 158 Å². The Balaban J connectivity index is 0.000000267. The molecule has 0 bridgehead atoms. The number of fused-ring (bicyclic) bond motifs is 2. The van der Waals surface area contributed by atoms with Gasteiger partial charge in [-0.15, -0.1) is 0 Å². The van der Waals surface area contributed by atoms with Crippen molar-refractivity contribution in [1.29, 1.82) is 0 Å². The van der Waals surface area contributed by atoms with Crippen LogP contribution in [0.1, 0.15) is 32.7 Å². The first-order valence-corrected chi connectivity index (χ1v) is 13.3. The third-order valence-electron chi connectivity index (χ3n) is 6.88. The number of carbonyl (C=O) groups is 1. The van der Waals surface area contributed by atoms with E-state index in [2.05, 4.69) is 21.8 Å². The molecule has 0 fully saturated rings. The van der Waals surface area contributed by atoms with Crippen LogP contribution in [0.4, 0.5) is 0 Å². The normalized spacial score (nSPS) is 10.4. The minimum absolute atomic E-state index is 0.0540. The van der Waals surface area contributed by atoms with Crippen molar-refractivity contribution in [2.45, 2.75) is 12.8 Å². The number of pyridine rings is 3. The lowest BCUT2D eigenvalue weighted by Gasteiger charge is -2.14. The maximum absolute atomic E-state index is 13.3. The van der Waals surface area contributed by atoms with E-state index in [0.29, 0.717) is 29.5 Å². The number of H-pyrrole nitrogens is 1. The molecule has 0 saturated heterocycles. The maximum Gasteiger partial charge on any atom is 0.335 e. The highest BCUT2D eigenvalue weighted by atomic mass is 16.4. The molecule has 6 rings (SSSR count). The zero-order valence-corrected chi connectivity index (χ0v) is 22.9. The minimum Gasteiger partial charge on any atom is -0.478 e. The number of nitrogens with one attached hydrogen (secondary N) is 1. The number of aromatic carboxylic acids is 1. The summed E-state index contributed by atoms with van der Waals surface area (Å²) in [6.45, 7) is 0. The summed E-state index contributed by atoms with van der Waals surface area (Å²) in [5.74, 6) is 5.40. The first-order chi connectivity index (χ1) is 20.4. The summed E-state index contributed by atoms with van der Waals surface area (Å²) in [6.07, 6.45) is 6.05. The summed E-state index contributed by atoms with van der Waals surface area (Å²) < 4.78 is 1.95. The van der Waals surface area contributed by atoms with Crippen molar-refractivity contribution in [3.8, 4) is 11.8 Å². The number of carboxylic acid groups (broad SMARTS) is 1. The highest BCUT2D eigenvalue weighted by Gasteiger charge is 2.15. The maximum atomic E-state index is 13.3. The number of aromatic amines is 1. The predicted molar refractivity (Wildman–Crippen MR) is 165 cm³/mol. The van der Waals surface area contributed by atoms with E-state index >= 15 is 0 Å². The molecule has 6 aromatic rings. The summed E-state index contributed by atoms with van der Waals surface area (Å²) in [5, 5.41) is 10.5. The Morgan fingerprint density at radius 1 is 0.881 bits per heavy atom. The molecule has 3 heterocycles. The quantitative estimate of drug-likeness (QED) is 0.287. The van der Waals surface area contributed by atoms with Crippen molar-refractivity contribution in [1.82, 2.24) is 14.5 Å². The van der Waals surface area contributed by atoms with Gasteiger partial charge < -0.3 is 14.7 Å². The number of nitrogens with zero attached hydrogens (tertiary/aromatic N) is 2. The van der Waals surface area contributed by atoms with E-state index in [1.165, 1.54) is 6.07 Å². The van der Waals surface area contributed by atoms with Crippen LogP contribution in [0.2, 0.25) is 0 Å². The van der Waals surface area contributed by atoms with E-state index in [-0.39, 0.29) is 16.4 Å². The number of para-hydroxylation sites is 2. The number of benzene rings is 3. The first kappa shape index (κ1) is 27.8. The van der Waals surface area contributed by atoms with E-state index in [1.807, 2.05) is 72.3 Å². The second-order valence-corrected chi connectivity index (χ2v) is 9.64. The molecule has 0 saturated carbocycles. The van der Waals surface area contributed by atoms with Gasteiger partial charge in [0.05, 0.1) is 16.8 Å². The second-order valence-electron chi connectivity index (χ2n) is 9.64. The molecular weight excluding hydrogens is 526 g/mol. The van der Waals surface area contributed by atoms with Gasteiger partial charge in [-0.25, -0.2) is 4.79 Å². The van der Waals surface area contributed by atoms with Crippen LogP contribution in [-0.2, 0) is 19.9 Å². The average Bonchev–Trinajstić information content (AvgIpc) is 3.02. The van der Waals surface area contributed by atoms with Gasteiger partial charge in [-0.3, -0.25) is 14.6 Å². The lowest BCUT2D eigenvalue weighted by molar-refractivity contribution is 0.0697. The number of hydrogen-bond donors (Lipinski definition) is 2. The largest absolute Gasteiger partial charge is 0.478 e. The van der Waals surface area contributed by atoms with Crippen LogP contribution >= 0.6 is 0 Å². The van der Waals surface area contributed by atoms with Gasteiger partial charge in [-0.2, -0.15) is 0 Å². The molecule has 7 heteroatoms. The smallest absolute Gasteiger partial charge is 0.335 e. The molecule has 7 nitrogen and oxygen atoms in total. The average molecular weight is 554 g/mol. The Morgan fingerprint density at radius 3 is 2.33 bits per heavy atom. The molecule has 3 aromatic carbocycles. The van der Waals surface area contributed by atoms with Gasteiger partial charge >= 0.3 is 5.97 Å². The molecule has 0 unspecified atom stereocenters. The number of aromatic nitrogens is 3. The molecule has 206 valence electrons. The van der Waals surface area contributed by atoms with E-state index < -0.39 is 5.97 Å². The lowest BCUT2D eigenvalue weighted by atomic mass is 9.99. The van der Waals surface area contributed by atoms with Crippen molar-refractivity contribution in [3.63, 3.8) is 0 Å². The fourth-order valence-electron chi connectivity index (χ4n) is 4.70. The summed E-state index contributed by atoms with van der Waals surface area (Å²) in [4.78, 5) is 42.7. The lowest BCUT2D eigenvalue weighted by Crippen LogP contribution is -2.18. The summed E-state index contributed by atoms with van der Waals surface area (Å²) in [5.41, 5.74) is 5.06. The standard InChI is InChI=1S/C26H20N2O3.C9H7NO/c1-28-23-9-3-2-8-21(23)25(29)22(16-18-11-13-20(14-12-18)26(30)31)24(28)10-4-6-19-7-5-15-27-17-19;11-9-5-6-10-8-4-2-1-3-7(8)9/h2-3,5,7-9,11-15,17H,6,16H2,1H3,(H,30,31);1-6H,(H,10,11). The zero-order valence-electron chi connectivity index (χ0n) is 22.9.